The van der Waals surface area contributed by atoms with Gasteiger partial charge >= 0.3 is 0 Å². The molecule has 0 amide bonds. The Balaban J connectivity index is 2.18. The van der Waals surface area contributed by atoms with Gasteiger partial charge in [-0.3, -0.25) is 0 Å². The van der Waals surface area contributed by atoms with Gasteiger partial charge in [0.2, 0.25) is 0 Å². The molecule has 0 aromatic heterocycles. The van der Waals surface area contributed by atoms with Crippen LogP contribution in [0.25, 0.3) is 0 Å². The van der Waals surface area contributed by atoms with E-state index in [1.807, 2.05) is 0 Å². The van der Waals surface area contributed by atoms with Gasteiger partial charge in [0.05, 0.1) is 0 Å². The predicted octanol–water partition coefficient (Wildman–Crippen LogP) is 4.38. The Hall–Kier alpha value is -0.780. The van der Waals surface area contributed by atoms with Crippen molar-refractivity contribution in [3.05, 3.63) is 42.3 Å². The normalized spacial score (nSPS) is 10.4. The monoisotopic (exact) mass is 189 g/mol. The number of hydrogen-bond donors (Lipinski definition) is 0. The third kappa shape index (κ3) is 4.45. The fraction of sp³-hybridized carbons (Fsp3) is 0.500. The van der Waals surface area contributed by atoms with Crippen molar-refractivity contribution in [2.45, 2.75) is 45.4 Å². The van der Waals surface area contributed by atoms with Crippen molar-refractivity contribution in [1.29, 1.82) is 0 Å². The van der Waals surface area contributed by atoms with Crippen molar-refractivity contribution in [3.63, 3.8) is 0 Å². The molecule has 0 spiro atoms. The van der Waals surface area contributed by atoms with Crippen LogP contribution in [0.3, 0.4) is 0 Å². The maximum Gasteiger partial charge on any atom is -0.0238 e. The molecule has 0 saturated heterocycles. The zero-order valence-electron chi connectivity index (χ0n) is 9.26. The van der Waals surface area contributed by atoms with Crippen molar-refractivity contribution in [3.8, 4) is 0 Å². The van der Waals surface area contributed by atoms with Gasteiger partial charge in [-0.1, -0.05) is 56.9 Å². The quantitative estimate of drug-likeness (QED) is 0.582. The Bertz CT molecular complexity index is 250. The van der Waals surface area contributed by atoms with Crippen LogP contribution in [-0.4, -0.2) is 0 Å². The second-order valence-electron chi connectivity index (χ2n) is 3.98. The number of benzene rings is 1. The molecule has 0 aliphatic rings. The topological polar surface area (TPSA) is 0 Å². The fourth-order valence-electron chi connectivity index (χ4n) is 1.72. The van der Waals surface area contributed by atoms with Gasteiger partial charge in [-0.25, -0.2) is 0 Å². The van der Waals surface area contributed by atoms with Crippen LogP contribution >= 0.6 is 0 Å². The predicted molar refractivity (Wildman–Crippen MR) is 63.4 cm³/mol. The van der Waals surface area contributed by atoms with Gasteiger partial charge in [0.25, 0.3) is 0 Å². The van der Waals surface area contributed by atoms with Gasteiger partial charge in [-0.15, -0.1) is 0 Å². The van der Waals surface area contributed by atoms with Gasteiger partial charge in [0.15, 0.2) is 0 Å². The molecule has 0 N–H and O–H groups in total. The molecule has 77 valence electrons. The summed E-state index contributed by atoms with van der Waals surface area (Å²) in [6.45, 7) is 6.20. The third-order valence-corrected chi connectivity index (χ3v) is 2.56. The highest BCUT2D eigenvalue weighted by molar-refractivity contribution is 5.25. The van der Waals surface area contributed by atoms with Crippen LogP contribution in [0.2, 0.25) is 0 Å². The highest BCUT2D eigenvalue weighted by Gasteiger charge is 1.93. The molecule has 0 unspecified atom stereocenters. The van der Waals surface area contributed by atoms with Gasteiger partial charge in [-0.2, -0.15) is 0 Å². The molecule has 0 aliphatic heterocycles. The molecule has 1 aromatic carbocycles. The Morgan fingerprint density at radius 1 is 1.07 bits per heavy atom. The molecule has 0 heterocycles. The molecule has 0 bridgehead atoms. The molecular weight excluding hydrogens is 168 g/mol. The van der Waals surface area contributed by atoms with E-state index in [-0.39, 0.29) is 0 Å². The Kier molecular flexibility index (Phi) is 5.36. The second-order valence-corrected chi connectivity index (χ2v) is 3.98. The van der Waals surface area contributed by atoms with Gasteiger partial charge in [0.1, 0.15) is 0 Å². The summed E-state index contributed by atoms with van der Waals surface area (Å²) < 4.78 is 0. The summed E-state index contributed by atoms with van der Waals surface area (Å²) in [4.78, 5) is 0. The highest BCUT2D eigenvalue weighted by atomic mass is 14.0. The minimum atomic E-state index is 1.14. The zero-order valence-corrected chi connectivity index (χ0v) is 9.26. The lowest BCUT2D eigenvalue weighted by atomic mass is 10.0. The van der Waals surface area contributed by atoms with E-state index >= 15 is 0 Å². The van der Waals surface area contributed by atoms with Gasteiger partial charge in [0, 0.05) is 0 Å². The van der Waals surface area contributed by atoms with Crippen LogP contribution in [-0.2, 0) is 6.42 Å². The summed E-state index contributed by atoms with van der Waals surface area (Å²) in [7, 11) is 0. The largest absolute Gasteiger partial charge is 0.0654 e. The van der Waals surface area contributed by atoms with E-state index in [2.05, 4.69) is 38.1 Å². The summed E-state index contributed by atoms with van der Waals surface area (Å²) in [5, 5.41) is 0. The van der Waals surface area contributed by atoms with Crippen molar-refractivity contribution in [2.75, 3.05) is 0 Å². The lowest BCUT2D eigenvalue weighted by molar-refractivity contribution is 0.632. The number of rotatable bonds is 6. The minimum Gasteiger partial charge on any atom is -0.0654 e. The number of hydrogen-bond acceptors (Lipinski definition) is 0. The summed E-state index contributed by atoms with van der Waals surface area (Å²) in [6, 6.07) is 8.55. The summed E-state index contributed by atoms with van der Waals surface area (Å²) in [5.74, 6) is 0. The lowest BCUT2D eigenvalue weighted by Crippen LogP contribution is -1.86. The fourth-order valence-corrected chi connectivity index (χ4v) is 1.72. The second kappa shape index (κ2) is 6.64. The maximum absolute atomic E-state index is 3.94. The maximum atomic E-state index is 3.94. The van der Waals surface area contributed by atoms with Crippen LogP contribution in [0, 0.1) is 6.92 Å². The first-order valence-electron chi connectivity index (χ1n) is 5.74. The van der Waals surface area contributed by atoms with E-state index in [4.69, 9.17) is 0 Å². The van der Waals surface area contributed by atoms with Crippen LogP contribution < -0.4 is 0 Å². The van der Waals surface area contributed by atoms with E-state index in [9.17, 15) is 0 Å². The molecule has 0 aliphatic carbocycles. The van der Waals surface area contributed by atoms with Crippen LogP contribution in [0.4, 0.5) is 0 Å². The van der Waals surface area contributed by atoms with Crippen molar-refractivity contribution < 1.29 is 0 Å². The molecule has 0 fully saturated rings. The molecule has 0 heteroatoms. The van der Waals surface area contributed by atoms with E-state index in [1.54, 1.807) is 0 Å². The Morgan fingerprint density at radius 2 is 1.86 bits per heavy atom. The van der Waals surface area contributed by atoms with Crippen LogP contribution in [0.5, 0.6) is 0 Å². The smallest absolute Gasteiger partial charge is 0.0238 e. The molecule has 14 heavy (non-hydrogen) atoms. The molecule has 1 aromatic rings. The standard InChI is InChI=1S/C14H21/c1-3-4-5-6-7-10-14-11-8-9-13(2)12-14/h8-9,11-12H,2-7,10H2,1H3. The summed E-state index contributed by atoms with van der Waals surface area (Å²) in [5.41, 5.74) is 2.57. The molecule has 0 atom stereocenters. The zero-order chi connectivity index (χ0) is 10.2. The Morgan fingerprint density at radius 3 is 2.57 bits per heavy atom. The van der Waals surface area contributed by atoms with Crippen LogP contribution in [0.1, 0.15) is 50.2 Å². The van der Waals surface area contributed by atoms with E-state index in [1.165, 1.54) is 44.1 Å². The van der Waals surface area contributed by atoms with Crippen molar-refractivity contribution >= 4 is 0 Å². The van der Waals surface area contributed by atoms with Crippen LogP contribution in [0.15, 0.2) is 24.3 Å². The molecule has 1 rings (SSSR count). The average Bonchev–Trinajstić information content (AvgIpc) is 2.18. The van der Waals surface area contributed by atoms with Gasteiger partial charge in [-0.05, 0) is 30.9 Å². The first-order chi connectivity index (χ1) is 6.83. The van der Waals surface area contributed by atoms with Gasteiger partial charge < -0.3 is 0 Å². The number of aryl methyl sites for hydroxylation is 1. The minimum absolute atomic E-state index is 1.14. The Labute approximate surface area is 88.4 Å². The van der Waals surface area contributed by atoms with E-state index < -0.39 is 0 Å². The van der Waals surface area contributed by atoms with E-state index in [0.717, 1.165) is 5.56 Å². The number of unbranched alkanes of at least 4 members (excludes halogenated alkanes) is 4. The van der Waals surface area contributed by atoms with Crippen molar-refractivity contribution in [1.82, 2.24) is 0 Å². The summed E-state index contributed by atoms with van der Waals surface area (Å²) in [6.07, 6.45) is 8.01. The molecular formula is C14H21. The molecule has 0 nitrogen and oxygen atoms in total. The molecule has 1 radical (unpaired) electrons. The third-order valence-electron chi connectivity index (χ3n) is 2.56. The summed E-state index contributed by atoms with van der Waals surface area (Å²) >= 11 is 0. The first-order valence-corrected chi connectivity index (χ1v) is 5.74. The highest BCUT2D eigenvalue weighted by Crippen LogP contribution is 2.10. The SMILES string of the molecule is [CH2]c1cccc(CCCCCCC)c1. The molecule has 0 saturated carbocycles. The lowest BCUT2D eigenvalue weighted by Gasteiger charge is -2.02. The average molecular weight is 189 g/mol. The first kappa shape index (κ1) is 11.3. The van der Waals surface area contributed by atoms with E-state index in [0.29, 0.717) is 0 Å². The van der Waals surface area contributed by atoms with Crippen molar-refractivity contribution in [2.24, 2.45) is 0 Å².